The number of hydrogen-bond acceptors (Lipinski definition) is 4. The van der Waals surface area contributed by atoms with Crippen LogP contribution >= 0.6 is 0 Å². The van der Waals surface area contributed by atoms with Crippen LogP contribution in [0.1, 0.15) is 0 Å². The molecule has 0 unspecified atom stereocenters. The molecule has 2 aromatic rings. The van der Waals surface area contributed by atoms with Crippen molar-refractivity contribution in [3.8, 4) is 0 Å². The van der Waals surface area contributed by atoms with Gasteiger partial charge in [0.2, 0.25) is 0 Å². The number of morpholine rings is 1. The number of nitrogens with one attached hydrogen (secondary N) is 1. The van der Waals surface area contributed by atoms with Gasteiger partial charge in [-0.1, -0.05) is 12.1 Å². The van der Waals surface area contributed by atoms with E-state index < -0.39 is 0 Å². The summed E-state index contributed by atoms with van der Waals surface area (Å²) < 4.78 is 5.40. The number of benzene rings is 1. The first-order valence-corrected chi connectivity index (χ1v) is 6.28. The molecule has 0 bridgehead atoms. The van der Waals surface area contributed by atoms with Crippen molar-refractivity contribution in [2.24, 2.45) is 0 Å². The molecule has 4 heteroatoms. The Bertz CT molecular complexity index is 544. The lowest BCUT2D eigenvalue weighted by Gasteiger charge is -2.29. The van der Waals surface area contributed by atoms with Gasteiger partial charge in [-0.15, -0.1) is 0 Å². The quantitative estimate of drug-likeness (QED) is 0.876. The predicted octanol–water partition coefficient (Wildman–Crippen LogP) is 2.11. The summed E-state index contributed by atoms with van der Waals surface area (Å²) in [6.07, 6.45) is 1.88. The third kappa shape index (κ3) is 1.88. The Morgan fingerprint density at radius 2 is 2.06 bits per heavy atom. The van der Waals surface area contributed by atoms with Crippen molar-refractivity contribution in [3.63, 3.8) is 0 Å². The molecule has 1 aliphatic rings. The van der Waals surface area contributed by atoms with Crippen LogP contribution in [-0.2, 0) is 4.74 Å². The van der Waals surface area contributed by atoms with E-state index in [9.17, 15) is 0 Å². The van der Waals surface area contributed by atoms with E-state index in [4.69, 9.17) is 4.74 Å². The zero-order valence-electron chi connectivity index (χ0n) is 10.5. The lowest BCUT2D eigenvalue weighted by atomic mass is 10.1. The van der Waals surface area contributed by atoms with Crippen molar-refractivity contribution >= 4 is 22.3 Å². The van der Waals surface area contributed by atoms with Crippen LogP contribution in [0.15, 0.2) is 30.5 Å². The monoisotopic (exact) mass is 243 g/mol. The maximum Gasteiger partial charge on any atom is 0.138 e. The van der Waals surface area contributed by atoms with Crippen LogP contribution in [0, 0.1) is 0 Å². The molecule has 1 aromatic carbocycles. The van der Waals surface area contributed by atoms with Crippen LogP contribution in [0.25, 0.3) is 10.8 Å². The first kappa shape index (κ1) is 11.3. The first-order chi connectivity index (χ1) is 8.90. The summed E-state index contributed by atoms with van der Waals surface area (Å²) in [6.45, 7) is 3.37. The molecule has 0 atom stereocenters. The van der Waals surface area contributed by atoms with Gasteiger partial charge in [0.25, 0.3) is 0 Å². The van der Waals surface area contributed by atoms with Gasteiger partial charge in [-0.2, -0.15) is 0 Å². The molecule has 0 spiro atoms. The van der Waals surface area contributed by atoms with Crippen LogP contribution in [-0.4, -0.2) is 38.3 Å². The molecule has 4 nitrogen and oxygen atoms in total. The van der Waals surface area contributed by atoms with Crippen LogP contribution in [0.4, 0.5) is 11.5 Å². The van der Waals surface area contributed by atoms with Crippen LogP contribution < -0.4 is 10.2 Å². The van der Waals surface area contributed by atoms with Crippen molar-refractivity contribution < 1.29 is 4.74 Å². The topological polar surface area (TPSA) is 37.4 Å². The molecule has 18 heavy (non-hydrogen) atoms. The second-order valence-corrected chi connectivity index (χ2v) is 4.39. The van der Waals surface area contributed by atoms with E-state index in [0.29, 0.717) is 0 Å². The summed E-state index contributed by atoms with van der Waals surface area (Å²) in [5, 5.41) is 5.67. The Labute approximate surface area is 107 Å². The number of anilines is 2. The maximum atomic E-state index is 5.40. The average molecular weight is 243 g/mol. The summed E-state index contributed by atoms with van der Waals surface area (Å²) in [7, 11) is 1.95. The Morgan fingerprint density at radius 3 is 2.83 bits per heavy atom. The molecule has 1 saturated heterocycles. The number of hydrogen-bond donors (Lipinski definition) is 1. The van der Waals surface area contributed by atoms with Gasteiger partial charge < -0.3 is 15.0 Å². The van der Waals surface area contributed by atoms with Crippen LogP contribution in [0.3, 0.4) is 0 Å². The second-order valence-electron chi connectivity index (χ2n) is 4.39. The summed E-state index contributed by atoms with van der Waals surface area (Å²) in [6, 6.07) is 8.34. The summed E-state index contributed by atoms with van der Waals surface area (Å²) in [5.74, 6) is 1.06. The minimum Gasteiger partial charge on any atom is -0.388 e. The Balaban J connectivity index is 2.15. The van der Waals surface area contributed by atoms with Gasteiger partial charge in [-0.3, -0.25) is 0 Å². The number of ether oxygens (including phenoxy) is 1. The molecule has 0 saturated carbocycles. The number of fused-ring (bicyclic) bond motifs is 1. The Hall–Kier alpha value is -1.81. The van der Waals surface area contributed by atoms with Gasteiger partial charge in [0.05, 0.1) is 13.2 Å². The first-order valence-electron chi connectivity index (χ1n) is 6.28. The molecule has 3 rings (SSSR count). The number of aromatic nitrogens is 1. The normalized spacial score (nSPS) is 15.9. The summed E-state index contributed by atoms with van der Waals surface area (Å²) in [4.78, 5) is 6.87. The van der Waals surface area contributed by atoms with Crippen molar-refractivity contribution in [1.29, 1.82) is 0 Å². The van der Waals surface area contributed by atoms with Gasteiger partial charge in [0, 0.05) is 37.4 Å². The summed E-state index contributed by atoms with van der Waals surface area (Å²) in [5.41, 5.74) is 1.13. The molecule has 1 aliphatic heterocycles. The van der Waals surface area contributed by atoms with Crippen molar-refractivity contribution in [2.75, 3.05) is 43.6 Å². The van der Waals surface area contributed by atoms with Gasteiger partial charge >= 0.3 is 0 Å². The van der Waals surface area contributed by atoms with E-state index in [1.165, 1.54) is 10.8 Å². The molecular formula is C14H17N3O. The fourth-order valence-electron chi connectivity index (χ4n) is 2.43. The van der Waals surface area contributed by atoms with Gasteiger partial charge in [0.15, 0.2) is 0 Å². The standard InChI is InChI=1S/C14H17N3O/c1-15-12-4-2-3-11-5-6-16-14(13(11)12)17-7-9-18-10-8-17/h2-6,15H,7-10H2,1H3. The van der Waals surface area contributed by atoms with E-state index >= 15 is 0 Å². The van der Waals surface area contributed by atoms with Crippen molar-refractivity contribution in [1.82, 2.24) is 4.98 Å². The van der Waals surface area contributed by atoms with Gasteiger partial charge in [-0.05, 0) is 17.5 Å². The van der Waals surface area contributed by atoms with E-state index in [1.807, 2.05) is 13.2 Å². The SMILES string of the molecule is CNc1cccc2ccnc(N3CCOCC3)c12. The zero-order chi connectivity index (χ0) is 12.4. The highest BCUT2D eigenvalue weighted by molar-refractivity contribution is 6.01. The Morgan fingerprint density at radius 1 is 1.22 bits per heavy atom. The fourth-order valence-corrected chi connectivity index (χ4v) is 2.43. The molecule has 0 radical (unpaired) electrons. The zero-order valence-corrected chi connectivity index (χ0v) is 10.5. The van der Waals surface area contributed by atoms with Gasteiger partial charge in [-0.25, -0.2) is 4.98 Å². The number of nitrogens with zero attached hydrogens (tertiary/aromatic N) is 2. The minimum atomic E-state index is 0.778. The Kier molecular flexibility index (Phi) is 3.02. The summed E-state index contributed by atoms with van der Waals surface area (Å²) >= 11 is 0. The molecular weight excluding hydrogens is 226 g/mol. The van der Waals surface area contributed by atoms with E-state index in [1.54, 1.807) is 0 Å². The smallest absolute Gasteiger partial charge is 0.138 e. The van der Waals surface area contributed by atoms with Gasteiger partial charge in [0.1, 0.15) is 5.82 Å². The highest BCUT2D eigenvalue weighted by atomic mass is 16.5. The molecule has 0 amide bonds. The lowest BCUT2D eigenvalue weighted by molar-refractivity contribution is 0.122. The fraction of sp³-hybridized carbons (Fsp3) is 0.357. The lowest BCUT2D eigenvalue weighted by Crippen LogP contribution is -2.36. The third-order valence-corrected chi connectivity index (χ3v) is 3.35. The van der Waals surface area contributed by atoms with Crippen LogP contribution in [0.5, 0.6) is 0 Å². The van der Waals surface area contributed by atoms with Crippen LogP contribution in [0.2, 0.25) is 0 Å². The predicted molar refractivity (Wildman–Crippen MR) is 74.3 cm³/mol. The largest absolute Gasteiger partial charge is 0.388 e. The van der Waals surface area contributed by atoms with Crippen molar-refractivity contribution in [3.05, 3.63) is 30.5 Å². The molecule has 1 aromatic heterocycles. The molecule has 0 aliphatic carbocycles. The number of pyridine rings is 1. The second kappa shape index (κ2) is 4.82. The minimum absolute atomic E-state index is 0.778. The van der Waals surface area contributed by atoms with E-state index in [2.05, 4.69) is 39.5 Å². The highest BCUT2D eigenvalue weighted by Crippen LogP contribution is 2.31. The van der Waals surface area contributed by atoms with Crippen molar-refractivity contribution in [2.45, 2.75) is 0 Å². The van der Waals surface area contributed by atoms with E-state index in [-0.39, 0.29) is 0 Å². The highest BCUT2D eigenvalue weighted by Gasteiger charge is 2.16. The maximum absolute atomic E-state index is 5.40. The molecule has 94 valence electrons. The third-order valence-electron chi connectivity index (χ3n) is 3.35. The molecule has 1 fully saturated rings. The van der Waals surface area contributed by atoms with E-state index in [0.717, 1.165) is 37.8 Å². The molecule has 1 N–H and O–H groups in total. The number of rotatable bonds is 2. The average Bonchev–Trinajstić information content (AvgIpc) is 2.47. The molecule has 2 heterocycles.